The van der Waals surface area contributed by atoms with Gasteiger partial charge in [-0.3, -0.25) is 4.98 Å². The Kier molecular flexibility index (Phi) is 5.03. The van der Waals surface area contributed by atoms with E-state index in [0.29, 0.717) is 30.3 Å². The van der Waals surface area contributed by atoms with E-state index in [1.54, 1.807) is 6.20 Å². The second-order valence-electron chi connectivity index (χ2n) is 8.01. The van der Waals surface area contributed by atoms with Crippen LogP contribution < -0.4 is 10.6 Å². The molecule has 2 aromatic heterocycles. The average Bonchev–Trinajstić information content (AvgIpc) is 2.74. The molecule has 3 N–H and O–H groups in total. The number of aliphatic hydroxyl groups excluding tert-OH is 1. The Hall–Kier alpha value is -3.24. The molecule has 1 aliphatic rings. The zero-order valence-electron chi connectivity index (χ0n) is 16.6. The van der Waals surface area contributed by atoms with Gasteiger partial charge in [-0.15, -0.1) is 0 Å². The summed E-state index contributed by atoms with van der Waals surface area (Å²) in [6, 6.07) is 12.4. The Morgan fingerprint density at radius 2 is 2.07 bits per heavy atom. The van der Waals surface area contributed by atoms with Crippen LogP contribution in [0.15, 0.2) is 42.7 Å². The van der Waals surface area contributed by atoms with Gasteiger partial charge in [0.2, 0.25) is 5.95 Å². The fourth-order valence-electron chi connectivity index (χ4n) is 3.65. The largest absolute Gasteiger partial charge is 0.392 e. The van der Waals surface area contributed by atoms with E-state index in [1.807, 2.05) is 26.0 Å². The van der Waals surface area contributed by atoms with Crippen molar-refractivity contribution in [3.8, 4) is 6.07 Å². The zero-order chi connectivity index (χ0) is 20.4. The lowest BCUT2D eigenvalue weighted by Gasteiger charge is -2.49. The van der Waals surface area contributed by atoms with Gasteiger partial charge in [-0.1, -0.05) is 38.1 Å². The lowest BCUT2D eigenvalue weighted by molar-refractivity contribution is -0.0511. The first-order chi connectivity index (χ1) is 14.0. The van der Waals surface area contributed by atoms with Crippen LogP contribution in [-0.4, -0.2) is 38.7 Å². The van der Waals surface area contributed by atoms with Crippen molar-refractivity contribution in [1.29, 1.82) is 5.26 Å². The van der Waals surface area contributed by atoms with E-state index < -0.39 is 0 Å². The Labute approximate surface area is 169 Å². The molecule has 0 spiro atoms. The number of fused-ring (bicyclic) bond motifs is 1. The van der Waals surface area contributed by atoms with Gasteiger partial charge in [-0.05, 0) is 24.5 Å². The Balaban J connectivity index is 1.45. The average molecular weight is 388 g/mol. The number of rotatable bonds is 6. The highest BCUT2D eigenvalue weighted by Gasteiger charge is 2.47. The van der Waals surface area contributed by atoms with Crippen molar-refractivity contribution in [2.75, 3.05) is 17.2 Å². The topological polar surface area (TPSA) is 107 Å². The van der Waals surface area contributed by atoms with Crippen LogP contribution in [0.4, 0.5) is 11.8 Å². The van der Waals surface area contributed by atoms with Gasteiger partial charge in [-0.2, -0.15) is 10.2 Å². The summed E-state index contributed by atoms with van der Waals surface area (Å²) >= 11 is 0. The van der Waals surface area contributed by atoms with Crippen LogP contribution in [0.25, 0.3) is 10.9 Å². The lowest BCUT2D eigenvalue weighted by Crippen LogP contribution is -2.57. The van der Waals surface area contributed by atoms with E-state index in [4.69, 9.17) is 0 Å². The predicted molar refractivity (Wildman–Crippen MR) is 112 cm³/mol. The summed E-state index contributed by atoms with van der Waals surface area (Å²) in [6.07, 6.45) is 4.40. The SMILES string of the molecule is CC1(C)C(O)C[C@H]1Nc1nc(NCCc2cccc3cccnc23)ncc1C#N. The highest BCUT2D eigenvalue weighted by molar-refractivity contribution is 5.81. The molecular weight excluding hydrogens is 364 g/mol. The van der Waals surface area contributed by atoms with Crippen LogP contribution in [-0.2, 0) is 6.42 Å². The summed E-state index contributed by atoms with van der Waals surface area (Å²) in [6.45, 7) is 4.65. The fraction of sp³-hybridized carbons (Fsp3) is 0.364. The lowest BCUT2D eigenvalue weighted by atomic mass is 9.64. The normalized spacial score (nSPS) is 19.9. The smallest absolute Gasteiger partial charge is 0.224 e. The summed E-state index contributed by atoms with van der Waals surface area (Å²) in [5.41, 5.74) is 2.30. The van der Waals surface area contributed by atoms with E-state index in [1.165, 1.54) is 6.20 Å². The molecule has 0 radical (unpaired) electrons. The van der Waals surface area contributed by atoms with Gasteiger partial charge in [0.1, 0.15) is 17.5 Å². The number of nitriles is 1. The second kappa shape index (κ2) is 7.64. The molecule has 7 nitrogen and oxygen atoms in total. The van der Waals surface area contributed by atoms with Gasteiger partial charge in [0.25, 0.3) is 0 Å². The van der Waals surface area contributed by atoms with Gasteiger partial charge >= 0.3 is 0 Å². The van der Waals surface area contributed by atoms with Crippen molar-refractivity contribution in [3.05, 3.63) is 53.9 Å². The molecule has 1 unspecified atom stereocenters. The molecule has 0 bridgehead atoms. The molecule has 29 heavy (non-hydrogen) atoms. The minimum Gasteiger partial charge on any atom is -0.392 e. The van der Waals surface area contributed by atoms with Gasteiger partial charge in [-0.25, -0.2) is 4.98 Å². The number of hydrogen-bond donors (Lipinski definition) is 3. The maximum atomic E-state index is 9.95. The maximum Gasteiger partial charge on any atom is 0.224 e. The molecule has 0 saturated heterocycles. The minimum absolute atomic E-state index is 0.0640. The van der Waals surface area contributed by atoms with Crippen molar-refractivity contribution in [2.24, 2.45) is 5.41 Å². The van der Waals surface area contributed by atoms with Gasteiger partial charge in [0.15, 0.2) is 0 Å². The molecule has 3 aromatic rings. The molecule has 1 aromatic carbocycles. The molecule has 2 atom stereocenters. The van der Waals surface area contributed by atoms with Crippen molar-refractivity contribution in [1.82, 2.24) is 15.0 Å². The van der Waals surface area contributed by atoms with Crippen LogP contribution in [0, 0.1) is 16.7 Å². The predicted octanol–water partition coefficient (Wildman–Crippen LogP) is 3.12. The first-order valence-corrected chi connectivity index (χ1v) is 9.77. The number of para-hydroxylation sites is 1. The number of hydrogen-bond acceptors (Lipinski definition) is 7. The monoisotopic (exact) mass is 388 g/mol. The third kappa shape index (κ3) is 3.71. The Morgan fingerprint density at radius 1 is 1.24 bits per heavy atom. The van der Waals surface area contributed by atoms with Crippen molar-refractivity contribution >= 4 is 22.7 Å². The molecule has 1 saturated carbocycles. The fourth-order valence-corrected chi connectivity index (χ4v) is 3.65. The standard InChI is InChI=1S/C22H24N6O/c1-22(2)17(11-18(22)29)27-20-16(12-23)13-26-21(28-20)25-10-8-15-6-3-5-14-7-4-9-24-19(14)15/h3-7,9,13,17-18,29H,8,10-11H2,1-2H3,(H2,25,26,27,28)/t17-,18?/m1/s1. The van der Waals surface area contributed by atoms with Crippen LogP contribution in [0.1, 0.15) is 31.4 Å². The van der Waals surface area contributed by atoms with E-state index >= 15 is 0 Å². The number of aliphatic hydroxyl groups is 1. The quantitative estimate of drug-likeness (QED) is 0.595. The number of pyridine rings is 1. The van der Waals surface area contributed by atoms with Crippen molar-refractivity contribution in [3.63, 3.8) is 0 Å². The third-order valence-corrected chi connectivity index (χ3v) is 5.83. The van der Waals surface area contributed by atoms with Crippen molar-refractivity contribution in [2.45, 2.75) is 38.8 Å². The summed E-state index contributed by atoms with van der Waals surface area (Å²) < 4.78 is 0. The Bertz CT molecular complexity index is 1070. The van der Waals surface area contributed by atoms with Crippen LogP contribution in [0.2, 0.25) is 0 Å². The summed E-state index contributed by atoms with van der Waals surface area (Å²) in [4.78, 5) is 13.2. The van der Waals surface area contributed by atoms with E-state index in [0.717, 1.165) is 22.9 Å². The molecule has 4 rings (SSSR count). The number of nitrogens with one attached hydrogen (secondary N) is 2. The van der Waals surface area contributed by atoms with Gasteiger partial charge in [0, 0.05) is 29.6 Å². The first-order valence-electron chi connectivity index (χ1n) is 9.77. The molecule has 1 fully saturated rings. The molecule has 7 heteroatoms. The summed E-state index contributed by atoms with van der Waals surface area (Å²) in [7, 11) is 0. The Morgan fingerprint density at radius 3 is 2.83 bits per heavy atom. The van der Waals surface area contributed by atoms with Crippen LogP contribution in [0.5, 0.6) is 0 Å². The number of nitrogens with zero attached hydrogens (tertiary/aromatic N) is 4. The van der Waals surface area contributed by atoms with Crippen LogP contribution in [0.3, 0.4) is 0 Å². The maximum absolute atomic E-state index is 9.95. The molecule has 148 valence electrons. The van der Waals surface area contributed by atoms with Gasteiger partial charge in [0.05, 0.1) is 17.8 Å². The highest BCUT2D eigenvalue weighted by atomic mass is 16.3. The number of aromatic nitrogens is 3. The van der Waals surface area contributed by atoms with Crippen molar-refractivity contribution < 1.29 is 5.11 Å². The third-order valence-electron chi connectivity index (χ3n) is 5.83. The van der Waals surface area contributed by atoms with E-state index in [-0.39, 0.29) is 17.6 Å². The molecule has 0 amide bonds. The minimum atomic E-state index is -0.348. The van der Waals surface area contributed by atoms with Gasteiger partial charge < -0.3 is 15.7 Å². The number of anilines is 2. The molecular formula is C22H24N6O. The second-order valence-corrected chi connectivity index (χ2v) is 8.01. The first kappa shape index (κ1) is 19.1. The molecule has 1 aliphatic carbocycles. The molecule has 2 heterocycles. The number of benzene rings is 1. The van der Waals surface area contributed by atoms with E-state index in [2.05, 4.69) is 49.9 Å². The molecule has 0 aliphatic heterocycles. The summed E-state index contributed by atoms with van der Waals surface area (Å²) in [5.74, 6) is 0.971. The zero-order valence-corrected chi connectivity index (χ0v) is 16.6. The van der Waals surface area contributed by atoms with Crippen LogP contribution >= 0.6 is 0 Å². The highest BCUT2D eigenvalue weighted by Crippen LogP contribution is 2.42. The summed E-state index contributed by atoms with van der Waals surface area (Å²) in [5, 5.41) is 27.0. The van der Waals surface area contributed by atoms with E-state index in [9.17, 15) is 10.4 Å².